The van der Waals surface area contributed by atoms with Gasteiger partial charge in [0.25, 0.3) is 46.7 Å². The lowest BCUT2D eigenvalue weighted by molar-refractivity contribution is -0.134. The van der Waals surface area contributed by atoms with Crippen LogP contribution in [0.5, 0.6) is 0 Å². The van der Waals surface area contributed by atoms with Crippen LogP contribution >= 0.6 is 45.9 Å². The Bertz CT molecular complexity index is 7100. The van der Waals surface area contributed by atoms with Crippen molar-refractivity contribution in [3.05, 3.63) is 132 Å². The lowest BCUT2D eigenvalue weighted by Crippen LogP contribution is -2.63. The number of quaternary nitrogens is 1. The quantitative estimate of drug-likeness (QED) is 0.0165. The third kappa shape index (κ3) is 21.0. The number of aryl methyl sites for hydroxylation is 2. The average Bonchev–Trinajstić information content (AvgIpc) is 1.56. The average molecular weight is 2110 g/mol. The summed E-state index contributed by atoms with van der Waals surface area (Å²) in [5.41, 5.74) is 12.8. The lowest BCUT2D eigenvalue weighted by atomic mass is 10.2. The molecular weight excluding hydrogens is 1990 g/mol. The van der Waals surface area contributed by atoms with Gasteiger partial charge in [0, 0.05) is 76.0 Å². The van der Waals surface area contributed by atoms with E-state index in [1.807, 2.05) is 4.90 Å². The van der Waals surface area contributed by atoms with Crippen LogP contribution in [0.1, 0.15) is 42.3 Å². The molecule has 16 rings (SSSR count). The Morgan fingerprint density at radius 2 is 0.711 bits per heavy atom. The standard InChI is InChI=1S/C75H117N35O26P6/c1-43-18-105(74(117)91-65(43)111)51-26-99(15)20-45(131-51)33-126-138(120,94(5)6)100-21-46(132-52(27-100)106-19-44(2)66(112)92-75(106)118)34-127-140(122,96(9)10)102-23-48(134-54(29-102)108-40-82-58-62(108)85-71(76)88-68(58)114)36-129-139(121,95(7)8)101-22-47(133-53(28-101)107-39-81-57-61(107)79-38-80-67(57)113)35-128-141(123,97(11)12)103-24-49(135-55(30-103)109-41-83-59-63(109)86-72(77)89-69(59)115)37-130-142(124,98(13)14)104-25-50(32-125-137(17,119)93(3)4)136-56(31-104)110(16)42-84-60-64(110)87-73(78)90-70(60)116/h18-19,38-42,45-56H,20-37H2,1-17H3,(H11-,76,77,78,79,80,85,86,87,88,89,90,91,92,111,112,113,114,115,116,117,118)/p+1/t45-,46-,47-,48-,49-,50-,51+,52+,53+,54+,55+,56?,110?,137?,138?,139?,140?,141?,142?/m0/s1. The van der Waals surface area contributed by atoms with Crippen LogP contribution in [0.2, 0.25) is 0 Å². The van der Waals surface area contributed by atoms with E-state index < -0.39 is 191 Å². The van der Waals surface area contributed by atoms with E-state index in [2.05, 4.69) is 69.8 Å². The fourth-order valence-corrected chi connectivity index (χ4v) is 28.1. The van der Waals surface area contributed by atoms with E-state index in [4.69, 9.17) is 72.8 Å². The second-order valence-corrected chi connectivity index (χ2v) is 52.2. The summed E-state index contributed by atoms with van der Waals surface area (Å²) in [6, 6.07) is 0. The van der Waals surface area contributed by atoms with Gasteiger partial charge in [0.2, 0.25) is 29.8 Å². The number of aromatic amines is 6. The van der Waals surface area contributed by atoms with E-state index in [-0.39, 0.29) is 170 Å². The number of imidazole rings is 3. The van der Waals surface area contributed by atoms with Gasteiger partial charge < -0.3 is 77.7 Å². The summed E-state index contributed by atoms with van der Waals surface area (Å²) < 4.78 is 198. The minimum Gasteiger partial charge on any atom is -0.369 e. The van der Waals surface area contributed by atoms with Gasteiger partial charge in [-0.05, 0) is 105 Å². The van der Waals surface area contributed by atoms with Crippen molar-refractivity contribution in [1.29, 1.82) is 0 Å². The Morgan fingerprint density at radius 1 is 0.387 bits per heavy atom. The summed E-state index contributed by atoms with van der Waals surface area (Å²) in [7, 11) is -4.11. The molecule has 0 spiro atoms. The van der Waals surface area contributed by atoms with Crippen LogP contribution in [-0.4, -0.2) is 417 Å². The third-order valence-electron chi connectivity index (χ3n) is 25.2. The number of nitrogen functional groups attached to an aromatic ring is 3. The first-order chi connectivity index (χ1) is 66.9. The number of aromatic nitrogens is 18. The number of aliphatic imine (C=N–C) groups is 1. The number of likely N-dealkylation sites (N-methyl/N-ethyl adjacent to an activating group) is 2. The minimum atomic E-state index is -4.57. The lowest BCUT2D eigenvalue weighted by Gasteiger charge is -2.46. The maximum absolute atomic E-state index is 16.8. The van der Waals surface area contributed by atoms with Crippen molar-refractivity contribution in [2.24, 2.45) is 4.99 Å². The molecule has 16 heterocycles. The van der Waals surface area contributed by atoms with E-state index >= 15 is 22.8 Å². The van der Waals surface area contributed by atoms with Gasteiger partial charge in [0.05, 0.1) is 135 Å². The molecule has 778 valence electrons. The number of nitrogens with two attached hydrogens (primary N) is 3. The summed E-state index contributed by atoms with van der Waals surface area (Å²) in [6.45, 7) is -0.921. The van der Waals surface area contributed by atoms with Crippen molar-refractivity contribution in [3.8, 4) is 0 Å². The first-order valence-electron chi connectivity index (χ1n) is 44.6. The highest BCUT2D eigenvalue weighted by Crippen LogP contribution is 2.62. The SMILES string of the molecule is Cc1cn([C@H]2CN(C)C[C@@H](COP(=O)(N(C)C)N3C[C@@H](COP(=O)(N(C)C)N4C[C@@H](COP(=O)(N(C)C)N5C[C@@H](COP(=O)(N(C)C)N6C[C@@H](COP(=O)(N(C)C)N7CC([N+]8(C)C=Nc9c8nc(N)[nH]c9=O)O[C@H](COP(C)(=O)N(C)C)C7)O[C@@H](n7cnc8c(=O)[nH]c(N)nc87)C6)O[C@@H](n6cnc7c(=O)[nH]cnc76)C5)O[C@@H](n5cnc6c(=O)[nH]c(N)nc65)C4)O[C@@H](n4cc(C)c(=O)[nH]c4=O)C3)O2)c(=O)[nH]c1=O. The number of rotatable bonds is 35. The van der Waals surface area contributed by atoms with E-state index in [0.717, 1.165) is 10.9 Å². The van der Waals surface area contributed by atoms with Gasteiger partial charge >= 0.3 is 49.7 Å². The molecule has 142 heavy (non-hydrogen) atoms. The number of nitrogens with one attached hydrogen (secondary N) is 6. The maximum Gasteiger partial charge on any atom is 0.346 e. The molecule has 0 aromatic carbocycles. The van der Waals surface area contributed by atoms with Crippen molar-refractivity contribution < 1.29 is 83.0 Å². The summed E-state index contributed by atoms with van der Waals surface area (Å²) in [5.74, 6) is -0.675. The van der Waals surface area contributed by atoms with E-state index in [1.54, 1.807) is 35.1 Å². The van der Waals surface area contributed by atoms with Crippen LogP contribution in [0.15, 0.2) is 81.1 Å². The van der Waals surface area contributed by atoms with Crippen LogP contribution in [0.3, 0.4) is 0 Å². The fraction of sp³-hybridized carbons (Fsp3) is 0.627. The molecule has 6 saturated heterocycles. The molecule has 9 aromatic heterocycles. The van der Waals surface area contributed by atoms with E-state index in [0.29, 0.717) is 0 Å². The molecule has 19 atom stereocenters. The zero-order chi connectivity index (χ0) is 102. The van der Waals surface area contributed by atoms with E-state index in [9.17, 15) is 42.9 Å². The molecule has 67 heteroatoms. The van der Waals surface area contributed by atoms with Crippen molar-refractivity contribution in [3.63, 3.8) is 0 Å². The molecule has 8 unspecified atom stereocenters. The number of H-pyrrole nitrogens is 6. The Morgan fingerprint density at radius 3 is 1.09 bits per heavy atom. The smallest absolute Gasteiger partial charge is 0.346 e. The molecule has 61 nitrogen and oxygen atoms in total. The number of hydrogen-bond donors (Lipinski definition) is 9. The molecule has 0 saturated carbocycles. The molecule has 7 aliphatic heterocycles. The normalized spacial score (nSPS) is 27.2. The fourth-order valence-electron chi connectivity index (χ4n) is 17.5. The minimum absolute atomic E-state index is 0.0313. The van der Waals surface area contributed by atoms with Crippen molar-refractivity contribution >= 4 is 115 Å². The zero-order valence-electron chi connectivity index (χ0n) is 80.9. The van der Waals surface area contributed by atoms with Crippen molar-refractivity contribution in [2.45, 2.75) is 87.8 Å². The monoisotopic (exact) mass is 2110 g/mol. The van der Waals surface area contributed by atoms with Gasteiger partial charge in [-0.2, -0.15) is 19.9 Å². The predicted octanol–water partition coefficient (Wildman–Crippen LogP) is -1.27. The summed E-state index contributed by atoms with van der Waals surface area (Å²) >= 11 is 0. The highest BCUT2D eigenvalue weighted by atomic mass is 31.2. The van der Waals surface area contributed by atoms with Crippen LogP contribution in [-0.2, 0) is 83.0 Å². The first-order valence-corrected chi connectivity index (χ1v) is 54.3. The van der Waals surface area contributed by atoms with E-state index in [1.165, 1.54) is 191 Å². The number of morpholine rings is 6. The van der Waals surface area contributed by atoms with Gasteiger partial charge in [-0.25, -0.2) is 85.4 Å². The summed E-state index contributed by atoms with van der Waals surface area (Å²) in [5, 5.41) is 0. The maximum atomic E-state index is 16.8. The molecule has 9 aromatic rings. The number of nitrogens with zero attached hydrogens (tertiary/aromatic N) is 26. The van der Waals surface area contributed by atoms with Gasteiger partial charge in [-0.15, -0.1) is 0 Å². The topological polar surface area (TPSA) is 689 Å². The summed E-state index contributed by atoms with van der Waals surface area (Å²) in [4.78, 5) is 158. The Balaban J connectivity index is 0.684. The number of anilines is 3. The largest absolute Gasteiger partial charge is 0.369 e. The molecule has 12 N–H and O–H groups in total. The zero-order valence-corrected chi connectivity index (χ0v) is 86.2. The molecule has 7 aliphatic rings. The molecule has 0 amide bonds. The highest BCUT2D eigenvalue weighted by molar-refractivity contribution is 7.56. The van der Waals surface area contributed by atoms with Gasteiger partial charge in [0.1, 0.15) is 24.8 Å². The van der Waals surface area contributed by atoms with Crippen LogP contribution in [0, 0.1) is 13.8 Å². The molecule has 0 aliphatic carbocycles. The summed E-state index contributed by atoms with van der Waals surface area (Å²) in [6.07, 6.45) is -4.94. The molecule has 6 fully saturated rings. The molecular formula is C75H118N35O26P6+. The van der Waals surface area contributed by atoms with Gasteiger partial charge in [0.15, 0.2) is 52.3 Å². The number of hydrogen-bond acceptors (Lipinski definition) is 38. The molecule has 0 radical (unpaired) electrons. The number of ether oxygens (including phenoxy) is 6. The first kappa shape index (κ1) is 106. The van der Waals surface area contributed by atoms with Crippen molar-refractivity contribution in [1.82, 2.24) is 148 Å². The number of fused-ring (bicyclic) bond motifs is 4. The van der Waals surface area contributed by atoms with Crippen LogP contribution < -0.4 is 66.4 Å². The third-order valence-corrected chi connectivity index (χ3v) is 39.9. The Labute approximate surface area is 808 Å². The van der Waals surface area contributed by atoms with Crippen LogP contribution in [0.4, 0.5) is 29.4 Å². The van der Waals surface area contributed by atoms with Gasteiger partial charge in [-0.3, -0.25) is 109 Å². The predicted molar refractivity (Wildman–Crippen MR) is 514 cm³/mol. The second kappa shape index (κ2) is 41.2. The van der Waals surface area contributed by atoms with Gasteiger partial charge in [-0.1, -0.05) is 0 Å². The Hall–Kier alpha value is -9.26. The second-order valence-electron chi connectivity index (χ2n) is 36.5. The highest BCUT2D eigenvalue weighted by Gasteiger charge is 2.55. The molecule has 0 bridgehead atoms. The van der Waals surface area contributed by atoms with Crippen molar-refractivity contribution in [2.75, 3.05) is 241 Å². The van der Waals surface area contributed by atoms with Crippen LogP contribution in [0.25, 0.3) is 33.5 Å². The Kier molecular flexibility index (Phi) is 30.6.